The average Bonchev–Trinajstić information content (AvgIpc) is 2.47. The fraction of sp³-hybridized carbons (Fsp3) is 0.462. The van der Waals surface area contributed by atoms with Crippen molar-refractivity contribution >= 4 is 16.0 Å². The monoisotopic (exact) mass is 299 g/mol. The van der Waals surface area contributed by atoms with E-state index < -0.39 is 22.0 Å². The van der Waals surface area contributed by atoms with E-state index in [0.29, 0.717) is 18.6 Å². The number of benzene rings is 1. The van der Waals surface area contributed by atoms with Crippen LogP contribution < -0.4 is 4.74 Å². The van der Waals surface area contributed by atoms with Crippen molar-refractivity contribution in [3.05, 3.63) is 24.3 Å². The minimum absolute atomic E-state index is 0.0893. The number of hydrogen-bond acceptors (Lipinski definition) is 4. The minimum Gasteiger partial charge on any atom is -0.497 e. The highest BCUT2D eigenvalue weighted by molar-refractivity contribution is 7.89. The van der Waals surface area contributed by atoms with Gasteiger partial charge in [-0.15, -0.1) is 0 Å². The third-order valence-electron chi connectivity index (χ3n) is 3.40. The summed E-state index contributed by atoms with van der Waals surface area (Å²) in [5.74, 6) is -0.542. The van der Waals surface area contributed by atoms with Crippen LogP contribution in [0.25, 0.3) is 0 Å². The fourth-order valence-corrected chi connectivity index (χ4v) is 3.97. The van der Waals surface area contributed by atoms with Crippen LogP contribution in [0.5, 0.6) is 5.75 Å². The maximum Gasteiger partial charge on any atom is 0.322 e. The van der Waals surface area contributed by atoms with E-state index >= 15 is 0 Å². The molecule has 1 aliphatic heterocycles. The Balaban J connectivity index is 2.34. The number of methoxy groups -OCH3 is 1. The predicted molar refractivity (Wildman–Crippen MR) is 72.2 cm³/mol. The summed E-state index contributed by atoms with van der Waals surface area (Å²) in [6.45, 7) is 0.241. The number of carboxylic acids is 1. The number of nitrogens with zero attached hydrogens (tertiary/aromatic N) is 1. The van der Waals surface area contributed by atoms with E-state index in [1.165, 1.54) is 19.2 Å². The van der Waals surface area contributed by atoms with E-state index in [0.717, 1.165) is 10.7 Å². The first-order chi connectivity index (χ1) is 9.46. The van der Waals surface area contributed by atoms with Crippen LogP contribution in [0.1, 0.15) is 19.3 Å². The number of piperidine rings is 1. The second-order valence-electron chi connectivity index (χ2n) is 4.64. The number of carboxylic acid groups (broad SMARTS) is 1. The molecule has 0 amide bonds. The van der Waals surface area contributed by atoms with Gasteiger partial charge in [0.15, 0.2) is 0 Å². The number of carbonyl (C=O) groups is 1. The molecule has 20 heavy (non-hydrogen) atoms. The van der Waals surface area contributed by atoms with Gasteiger partial charge in [-0.25, -0.2) is 8.42 Å². The van der Waals surface area contributed by atoms with Crippen LogP contribution in [-0.2, 0) is 14.8 Å². The molecule has 1 aromatic rings. The highest BCUT2D eigenvalue weighted by Crippen LogP contribution is 2.26. The summed E-state index contributed by atoms with van der Waals surface area (Å²) in [6, 6.07) is 4.98. The Bertz CT molecular complexity index is 581. The van der Waals surface area contributed by atoms with E-state index in [2.05, 4.69) is 0 Å². The minimum atomic E-state index is -3.78. The molecule has 110 valence electrons. The van der Waals surface area contributed by atoms with Crippen molar-refractivity contribution in [1.82, 2.24) is 4.31 Å². The van der Waals surface area contributed by atoms with Crippen molar-refractivity contribution in [2.45, 2.75) is 30.2 Å². The molecule has 0 spiro atoms. The topological polar surface area (TPSA) is 83.9 Å². The van der Waals surface area contributed by atoms with Crippen molar-refractivity contribution in [1.29, 1.82) is 0 Å². The van der Waals surface area contributed by atoms with Gasteiger partial charge in [0.05, 0.1) is 12.0 Å². The van der Waals surface area contributed by atoms with Gasteiger partial charge in [-0.05, 0) is 43.5 Å². The van der Waals surface area contributed by atoms with Gasteiger partial charge in [-0.1, -0.05) is 0 Å². The Morgan fingerprint density at radius 3 is 2.50 bits per heavy atom. The van der Waals surface area contributed by atoms with Crippen LogP contribution in [0.4, 0.5) is 0 Å². The lowest BCUT2D eigenvalue weighted by atomic mass is 10.1. The Labute approximate surface area is 118 Å². The first-order valence-electron chi connectivity index (χ1n) is 6.35. The molecule has 0 aromatic heterocycles. The standard InChI is InChI=1S/C13H17NO5S/c1-19-10-5-7-11(8-6-10)20(17,18)14-9-3-2-4-12(14)13(15)16/h5-8,12H,2-4,9H2,1H3,(H,15,16)/t12-/m1/s1. The summed E-state index contributed by atoms with van der Waals surface area (Å²) >= 11 is 0. The van der Waals surface area contributed by atoms with Crippen LogP contribution in [0.2, 0.25) is 0 Å². The van der Waals surface area contributed by atoms with E-state index in [9.17, 15) is 18.3 Å². The van der Waals surface area contributed by atoms with Gasteiger partial charge in [0.1, 0.15) is 11.8 Å². The molecule has 0 unspecified atom stereocenters. The summed E-state index contributed by atoms with van der Waals surface area (Å²) in [5, 5.41) is 9.17. The lowest BCUT2D eigenvalue weighted by Gasteiger charge is -2.31. The summed E-state index contributed by atoms with van der Waals surface area (Å²) in [4.78, 5) is 11.3. The highest BCUT2D eigenvalue weighted by Gasteiger charge is 2.37. The van der Waals surface area contributed by atoms with Gasteiger partial charge >= 0.3 is 5.97 Å². The number of aliphatic carboxylic acids is 1. The molecule has 0 bridgehead atoms. The Hall–Kier alpha value is -1.60. The largest absolute Gasteiger partial charge is 0.497 e. The molecule has 1 saturated heterocycles. The number of rotatable bonds is 4. The molecule has 0 saturated carbocycles. The van der Waals surface area contributed by atoms with Crippen molar-refractivity contribution in [3.8, 4) is 5.75 Å². The van der Waals surface area contributed by atoms with Gasteiger partial charge < -0.3 is 9.84 Å². The molecule has 7 heteroatoms. The molecule has 0 radical (unpaired) electrons. The first kappa shape index (κ1) is 14.8. The van der Waals surface area contributed by atoms with Crippen LogP contribution in [0.3, 0.4) is 0 Å². The van der Waals surface area contributed by atoms with Crippen molar-refractivity contribution < 1.29 is 23.1 Å². The van der Waals surface area contributed by atoms with Crippen molar-refractivity contribution in [2.24, 2.45) is 0 Å². The van der Waals surface area contributed by atoms with Gasteiger partial charge in [0.2, 0.25) is 10.0 Å². The predicted octanol–water partition coefficient (Wildman–Crippen LogP) is 1.32. The molecule has 1 aliphatic rings. The maximum atomic E-state index is 12.5. The second-order valence-corrected chi connectivity index (χ2v) is 6.53. The third kappa shape index (κ3) is 2.78. The molecule has 1 atom stereocenters. The quantitative estimate of drug-likeness (QED) is 0.906. The molecule has 1 N–H and O–H groups in total. The molecule has 2 rings (SSSR count). The van der Waals surface area contributed by atoms with Gasteiger partial charge in [-0.3, -0.25) is 4.79 Å². The summed E-state index contributed by atoms with van der Waals surface area (Å²) in [6.07, 6.45) is 1.76. The Morgan fingerprint density at radius 1 is 1.30 bits per heavy atom. The highest BCUT2D eigenvalue weighted by atomic mass is 32.2. The molecule has 0 aliphatic carbocycles. The van der Waals surface area contributed by atoms with Crippen molar-refractivity contribution in [2.75, 3.05) is 13.7 Å². The van der Waals surface area contributed by atoms with E-state index in [-0.39, 0.29) is 11.4 Å². The van der Waals surface area contributed by atoms with Crippen LogP contribution in [0.15, 0.2) is 29.2 Å². The van der Waals surface area contributed by atoms with Gasteiger partial charge in [-0.2, -0.15) is 4.31 Å². The summed E-state index contributed by atoms with van der Waals surface area (Å²) < 4.78 is 31.1. The average molecular weight is 299 g/mol. The SMILES string of the molecule is COc1ccc(S(=O)(=O)N2CCCC[C@@H]2C(=O)O)cc1. The third-order valence-corrected chi connectivity index (χ3v) is 5.33. The zero-order valence-corrected chi connectivity index (χ0v) is 12.0. The second kappa shape index (κ2) is 5.80. The number of hydrogen-bond donors (Lipinski definition) is 1. The van der Waals surface area contributed by atoms with Gasteiger partial charge in [0.25, 0.3) is 0 Å². The summed E-state index contributed by atoms with van der Waals surface area (Å²) in [5.41, 5.74) is 0. The zero-order valence-electron chi connectivity index (χ0n) is 11.2. The van der Waals surface area contributed by atoms with Crippen LogP contribution in [-0.4, -0.2) is 43.5 Å². The molecule has 1 fully saturated rings. The van der Waals surface area contributed by atoms with E-state index in [1.54, 1.807) is 12.1 Å². The number of ether oxygens (including phenoxy) is 1. The molecule has 1 heterocycles. The zero-order chi connectivity index (χ0) is 14.8. The molecular weight excluding hydrogens is 282 g/mol. The van der Waals surface area contributed by atoms with Crippen molar-refractivity contribution in [3.63, 3.8) is 0 Å². The Kier molecular flexibility index (Phi) is 4.29. The molecule has 6 nitrogen and oxygen atoms in total. The maximum absolute atomic E-state index is 12.5. The first-order valence-corrected chi connectivity index (χ1v) is 7.79. The smallest absolute Gasteiger partial charge is 0.322 e. The van der Waals surface area contributed by atoms with E-state index in [1.807, 2.05) is 0 Å². The molecular formula is C13H17NO5S. The molecule has 1 aromatic carbocycles. The van der Waals surface area contributed by atoms with Crippen LogP contribution >= 0.6 is 0 Å². The lowest BCUT2D eigenvalue weighted by Crippen LogP contribution is -2.47. The number of sulfonamides is 1. The summed E-state index contributed by atoms with van der Waals surface area (Å²) in [7, 11) is -2.29. The lowest BCUT2D eigenvalue weighted by molar-refractivity contribution is -0.142. The Morgan fingerprint density at radius 2 is 1.95 bits per heavy atom. The normalized spacial score (nSPS) is 20.6. The van der Waals surface area contributed by atoms with Gasteiger partial charge in [0, 0.05) is 6.54 Å². The fourth-order valence-electron chi connectivity index (χ4n) is 2.32. The van der Waals surface area contributed by atoms with E-state index in [4.69, 9.17) is 4.74 Å². The van der Waals surface area contributed by atoms with Crippen LogP contribution in [0, 0.1) is 0 Å².